The van der Waals surface area contributed by atoms with Gasteiger partial charge in [0.25, 0.3) is 0 Å². The molecular formula is C9H10N4O. The van der Waals surface area contributed by atoms with Crippen molar-refractivity contribution in [1.82, 2.24) is 15.1 Å². The summed E-state index contributed by atoms with van der Waals surface area (Å²) in [6, 6.07) is 3.83. The van der Waals surface area contributed by atoms with Crippen LogP contribution >= 0.6 is 0 Å². The van der Waals surface area contributed by atoms with E-state index in [0.717, 1.165) is 5.56 Å². The summed E-state index contributed by atoms with van der Waals surface area (Å²) in [4.78, 5) is 8.02. The molecule has 5 heteroatoms. The van der Waals surface area contributed by atoms with Crippen LogP contribution < -0.4 is 5.73 Å². The third kappa shape index (κ3) is 1.94. The predicted molar refractivity (Wildman–Crippen MR) is 49.2 cm³/mol. The highest BCUT2D eigenvalue weighted by Gasteiger charge is 2.04. The van der Waals surface area contributed by atoms with Crippen molar-refractivity contribution in [3.8, 4) is 0 Å². The van der Waals surface area contributed by atoms with Gasteiger partial charge in [-0.05, 0) is 17.7 Å². The van der Waals surface area contributed by atoms with Crippen LogP contribution in [0.4, 0.5) is 0 Å². The third-order valence-corrected chi connectivity index (χ3v) is 1.80. The van der Waals surface area contributed by atoms with Crippen LogP contribution in [0, 0.1) is 0 Å². The second-order valence-corrected chi connectivity index (χ2v) is 2.84. The maximum absolute atomic E-state index is 5.35. The summed E-state index contributed by atoms with van der Waals surface area (Å²) in [5.41, 5.74) is 6.45. The molecule has 0 aliphatic carbocycles. The van der Waals surface area contributed by atoms with Gasteiger partial charge < -0.3 is 10.3 Å². The molecular weight excluding hydrogens is 180 g/mol. The van der Waals surface area contributed by atoms with Gasteiger partial charge >= 0.3 is 0 Å². The Balaban J connectivity index is 2.11. The van der Waals surface area contributed by atoms with Gasteiger partial charge in [-0.15, -0.1) is 0 Å². The minimum absolute atomic E-state index is 0.281. The number of hydrogen-bond acceptors (Lipinski definition) is 5. The molecule has 0 unspecified atom stereocenters. The monoisotopic (exact) mass is 190 g/mol. The van der Waals surface area contributed by atoms with Crippen LogP contribution in [0.15, 0.2) is 29.0 Å². The molecule has 0 fully saturated rings. The van der Waals surface area contributed by atoms with Crippen molar-refractivity contribution in [1.29, 1.82) is 0 Å². The van der Waals surface area contributed by atoms with Crippen LogP contribution in [0.2, 0.25) is 0 Å². The summed E-state index contributed by atoms with van der Waals surface area (Å²) in [5, 5.41) is 3.80. The molecule has 0 amide bonds. The van der Waals surface area contributed by atoms with E-state index in [-0.39, 0.29) is 6.54 Å². The Bertz CT molecular complexity index is 398. The van der Waals surface area contributed by atoms with E-state index >= 15 is 0 Å². The van der Waals surface area contributed by atoms with Gasteiger partial charge in [0.05, 0.1) is 6.54 Å². The zero-order valence-corrected chi connectivity index (χ0v) is 7.55. The minimum Gasteiger partial charge on any atom is -0.338 e. The van der Waals surface area contributed by atoms with Crippen LogP contribution in [0.3, 0.4) is 0 Å². The van der Waals surface area contributed by atoms with Crippen molar-refractivity contribution in [2.75, 3.05) is 0 Å². The smallest absolute Gasteiger partial charge is 0.240 e. The molecule has 2 heterocycles. The average molecular weight is 190 g/mol. The number of nitrogens with two attached hydrogens (primary N) is 1. The summed E-state index contributed by atoms with van der Waals surface area (Å²) in [6.07, 6.45) is 4.12. The van der Waals surface area contributed by atoms with E-state index in [4.69, 9.17) is 10.3 Å². The van der Waals surface area contributed by atoms with E-state index in [9.17, 15) is 0 Å². The standard InChI is InChI=1S/C9H10N4O/c10-6-9-12-8(13-14-9)5-7-1-3-11-4-2-7/h1-4H,5-6,10H2. The van der Waals surface area contributed by atoms with E-state index in [0.29, 0.717) is 18.1 Å². The van der Waals surface area contributed by atoms with Crippen LogP contribution in [-0.2, 0) is 13.0 Å². The second-order valence-electron chi connectivity index (χ2n) is 2.84. The molecule has 2 aromatic rings. The van der Waals surface area contributed by atoms with Crippen molar-refractivity contribution in [2.45, 2.75) is 13.0 Å². The second kappa shape index (κ2) is 3.97. The SMILES string of the molecule is NCc1nc(Cc2ccncc2)no1. The first-order valence-electron chi connectivity index (χ1n) is 4.29. The lowest BCUT2D eigenvalue weighted by molar-refractivity contribution is 0.375. The molecule has 0 saturated carbocycles. The topological polar surface area (TPSA) is 77.8 Å². The number of nitrogens with zero attached hydrogens (tertiary/aromatic N) is 3. The molecule has 0 bridgehead atoms. The maximum Gasteiger partial charge on any atom is 0.240 e. The lowest BCUT2D eigenvalue weighted by atomic mass is 10.2. The zero-order chi connectivity index (χ0) is 9.80. The molecule has 2 aromatic heterocycles. The Morgan fingerprint density at radius 3 is 2.71 bits per heavy atom. The highest BCUT2D eigenvalue weighted by Crippen LogP contribution is 2.04. The fourth-order valence-corrected chi connectivity index (χ4v) is 1.13. The summed E-state index contributed by atoms with van der Waals surface area (Å²) in [5.74, 6) is 1.12. The third-order valence-electron chi connectivity index (χ3n) is 1.80. The highest BCUT2D eigenvalue weighted by atomic mass is 16.5. The normalized spacial score (nSPS) is 10.4. The number of aromatic nitrogens is 3. The van der Waals surface area contributed by atoms with E-state index in [1.165, 1.54) is 0 Å². The molecule has 2 N–H and O–H groups in total. The first-order chi connectivity index (χ1) is 6.88. The van der Waals surface area contributed by atoms with Gasteiger partial charge in [0, 0.05) is 18.8 Å². The van der Waals surface area contributed by atoms with E-state index in [1.807, 2.05) is 12.1 Å². The largest absolute Gasteiger partial charge is 0.338 e. The number of hydrogen-bond donors (Lipinski definition) is 1. The summed E-state index contributed by atoms with van der Waals surface area (Å²) in [6.45, 7) is 0.281. The molecule has 0 radical (unpaired) electrons. The minimum atomic E-state index is 0.281. The fraction of sp³-hybridized carbons (Fsp3) is 0.222. The van der Waals surface area contributed by atoms with Gasteiger partial charge in [-0.25, -0.2) is 0 Å². The van der Waals surface area contributed by atoms with Gasteiger partial charge in [0.2, 0.25) is 5.89 Å². The number of pyridine rings is 1. The molecule has 14 heavy (non-hydrogen) atoms. The summed E-state index contributed by atoms with van der Waals surface area (Å²) < 4.78 is 4.88. The first kappa shape index (κ1) is 8.83. The van der Waals surface area contributed by atoms with Crippen molar-refractivity contribution >= 4 is 0 Å². The van der Waals surface area contributed by atoms with E-state index < -0.39 is 0 Å². The molecule has 0 aliphatic rings. The Hall–Kier alpha value is -1.75. The van der Waals surface area contributed by atoms with Crippen molar-refractivity contribution in [3.05, 3.63) is 41.8 Å². The molecule has 0 atom stereocenters. The van der Waals surface area contributed by atoms with Crippen molar-refractivity contribution in [3.63, 3.8) is 0 Å². The quantitative estimate of drug-likeness (QED) is 0.763. The Morgan fingerprint density at radius 1 is 1.29 bits per heavy atom. The average Bonchev–Trinajstić information content (AvgIpc) is 2.67. The van der Waals surface area contributed by atoms with Crippen LogP contribution in [0.5, 0.6) is 0 Å². The lowest BCUT2D eigenvalue weighted by Gasteiger charge is -1.93. The molecule has 0 spiro atoms. The van der Waals surface area contributed by atoms with Crippen molar-refractivity contribution < 1.29 is 4.52 Å². The molecule has 0 aromatic carbocycles. The molecule has 2 rings (SSSR count). The molecule has 0 saturated heterocycles. The van der Waals surface area contributed by atoms with Gasteiger partial charge in [0.1, 0.15) is 0 Å². The van der Waals surface area contributed by atoms with Gasteiger partial charge in [-0.3, -0.25) is 4.98 Å². The zero-order valence-electron chi connectivity index (χ0n) is 7.55. The van der Waals surface area contributed by atoms with Gasteiger partial charge in [-0.1, -0.05) is 5.16 Å². The lowest BCUT2D eigenvalue weighted by Crippen LogP contribution is -1.97. The van der Waals surface area contributed by atoms with Crippen LogP contribution in [0.1, 0.15) is 17.3 Å². The number of rotatable bonds is 3. The first-order valence-corrected chi connectivity index (χ1v) is 4.29. The molecule has 0 aliphatic heterocycles. The van der Waals surface area contributed by atoms with E-state index in [1.54, 1.807) is 12.4 Å². The Labute approximate surface area is 81.0 Å². The molecule has 5 nitrogen and oxygen atoms in total. The van der Waals surface area contributed by atoms with Crippen molar-refractivity contribution in [2.24, 2.45) is 5.73 Å². The van der Waals surface area contributed by atoms with Crippen LogP contribution in [0.25, 0.3) is 0 Å². The van der Waals surface area contributed by atoms with E-state index in [2.05, 4.69) is 15.1 Å². The predicted octanol–water partition coefficient (Wildman–Crippen LogP) is 0.514. The summed E-state index contributed by atoms with van der Waals surface area (Å²) >= 11 is 0. The van der Waals surface area contributed by atoms with Gasteiger partial charge in [-0.2, -0.15) is 4.98 Å². The fourth-order valence-electron chi connectivity index (χ4n) is 1.13. The van der Waals surface area contributed by atoms with Crippen LogP contribution in [-0.4, -0.2) is 15.1 Å². The Morgan fingerprint density at radius 2 is 2.07 bits per heavy atom. The highest BCUT2D eigenvalue weighted by molar-refractivity contribution is 5.14. The Kier molecular flexibility index (Phi) is 2.51. The maximum atomic E-state index is 5.35. The summed E-state index contributed by atoms with van der Waals surface area (Å²) in [7, 11) is 0. The molecule has 72 valence electrons. The van der Waals surface area contributed by atoms with Gasteiger partial charge in [0.15, 0.2) is 5.82 Å².